The molecule has 1 aliphatic rings. The molecule has 0 unspecified atom stereocenters. The number of amides is 2. The van der Waals surface area contributed by atoms with Gasteiger partial charge in [0.2, 0.25) is 5.91 Å². The minimum absolute atomic E-state index is 0.0631. The minimum Gasteiger partial charge on any atom is -0.492 e. The lowest BCUT2D eigenvalue weighted by atomic mass is 10.2. The van der Waals surface area contributed by atoms with Crippen LogP contribution in [0.25, 0.3) is 0 Å². The molecule has 2 aromatic carbocycles. The maximum atomic E-state index is 11.9. The number of hydrogen-bond acceptors (Lipinski definition) is 4. The standard InChI is InChI=1S/C21H24N2O4/c1-16-4-2-5-19(14-16)26-13-11-22-20(24)15-27-18-9-7-17(8-10-18)23-12-3-6-21(23)25/h2,4-5,7-10,14H,3,6,11-13,15H2,1H3,(H,22,24). The summed E-state index contributed by atoms with van der Waals surface area (Å²) in [5.74, 6) is 1.33. The number of nitrogens with zero attached hydrogens (tertiary/aromatic N) is 1. The van der Waals surface area contributed by atoms with Crippen LogP contribution >= 0.6 is 0 Å². The second kappa shape index (κ2) is 9.07. The van der Waals surface area contributed by atoms with E-state index in [4.69, 9.17) is 9.47 Å². The van der Waals surface area contributed by atoms with Gasteiger partial charge >= 0.3 is 0 Å². The molecule has 6 heteroatoms. The number of anilines is 1. The van der Waals surface area contributed by atoms with Crippen LogP contribution in [0, 0.1) is 6.92 Å². The van der Waals surface area contributed by atoms with Crippen molar-refractivity contribution in [2.75, 3.05) is 31.2 Å². The molecule has 0 bridgehead atoms. The minimum atomic E-state index is -0.207. The smallest absolute Gasteiger partial charge is 0.258 e. The van der Waals surface area contributed by atoms with Crippen molar-refractivity contribution in [3.8, 4) is 11.5 Å². The van der Waals surface area contributed by atoms with Crippen LogP contribution in [0.2, 0.25) is 0 Å². The third-order valence-electron chi connectivity index (χ3n) is 4.27. The quantitative estimate of drug-likeness (QED) is 0.728. The van der Waals surface area contributed by atoms with Crippen LogP contribution in [-0.4, -0.2) is 38.1 Å². The van der Waals surface area contributed by atoms with Crippen LogP contribution in [0.1, 0.15) is 18.4 Å². The molecule has 3 rings (SSSR count). The van der Waals surface area contributed by atoms with Crippen LogP contribution < -0.4 is 19.7 Å². The normalized spacial score (nSPS) is 13.5. The summed E-state index contributed by atoms with van der Waals surface area (Å²) in [6, 6.07) is 15.0. The van der Waals surface area contributed by atoms with Gasteiger partial charge in [-0.2, -0.15) is 0 Å². The highest BCUT2D eigenvalue weighted by atomic mass is 16.5. The predicted molar refractivity (Wildman–Crippen MR) is 103 cm³/mol. The number of carbonyl (C=O) groups excluding carboxylic acids is 2. The Kier molecular flexibility index (Phi) is 6.30. The number of nitrogens with one attached hydrogen (secondary N) is 1. The fraction of sp³-hybridized carbons (Fsp3) is 0.333. The van der Waals surface area contributed by atoms with Crippen LogP contribution in [0.5, 0.6) is 11.5 Å². The summed E-state index contributed by atoms with van der Waals surface area (Å²) in [5, 5.41) is 2.76. The lowest BCUT2D eigenvalue weighted by Gasteiger charge is -2.16. The number of ether oxygens (including phenoxy) is 2. The summed E-state index contributed by atoms with van der Waals surface area (Å²) in [7, 11) is 0. The van der Waals surface area contributed by atoms with E-state index in [1.54, 1.807) is 17.0 Å². The third kappa shape index (κ3) is 5.48. The van der Waals surface area contributed by atoms with E-state index in [9.17, 15) is 9.59 Å². The van der Waals surface area contributed by atoms with Gasteiger partial charge in [-0.1, -0.05) is 12.1 Å². The van der Waals surface area contributed by atoms with Crippen LogP contribution in [-0.2, 0) is 9.59 Å². The second-order valence-electron chi connectivity index (χ2n) is 6.45. The first-order valence-corrected chi connectivity index (χ1v) is 9.11. The molecule has 0 radical (unpaired) electrons. The maximum absolute atomic E-state index is 11.9. The topological polar surface area (TPSA) is 67.9 Å². The molecule has 1 N–H and O–H groups in total. The Morgan fingerprint density at radius 1 is 1.11 bits per heavy atom. The lowest BCUT2D eigenvalue weighted by Crippen LogP contribution is -2.32. The summed E-state index contributed by atoms with van der Waals surface area (Å²) in [5.41, 5.74) is 1.99. The van der Waals surface area contributed by atoms with Gasteiger partial charge in [0.15, 0.2) is 6.61 Å². The van der Waals surface area contributed by atoms with E-state index in [-0.39, 0.29) is 18.4 Å². The third-order valence-corrected chi connectivity index (χ3v) is 4.27. The van der Waals surface area contributed by atoms with Gasteiger partial charge in [-0.25, -0.2) is 0 Å². The van der Waals surface area contributed by atoms with Crippen molar-refractivity contribution in [2.45, 2.75) is 19.8 Å². The lowest BCUT2D eigenvalue weighted by molar-refractivity contribution is -0.123. The van der Waals surface area contributed by atoms with Gasteiger partial charge < -0.3 is 19.7 Å². The predicted octanol–water partition coefficient (Wildman–Crippen LogP) is 2.70. The van der Waals surface area contributed by atoms with Crippen molar-refractivity contribution in [2.24, 2.45) is 0 Å². The monoisotopic (exact) mass is 368 g/mol. The fourth-order valence-electron chi connectivity index (χ4n) is 2.91. The molecule has 0 aromatic heterocycles. The van der Waals surface area contributed by atoms with E-state index in [2.05, 4.69) is 5.32 Å². The van der Waals surface area contributed by atoms with Crippen molar-refractivity contribution in [3.05, 3.63) is 54.1 Å². The van der Waals surface area contributed by atoms with E-state index in [1.165, 1.54) is 0 Å². The fourth-order valence-corrected chi connectivity index (χ4v) is 2.91. The molecule has 0 aliphatic carbocycles. The van der Waals surface area contributed by atoms with Gasteiger partial charge in [-0.05, 0) is 55.3 Å². The van der Waals surface area contributed by atoms with Gasteiger partial charge in [0.25, 0.3) is 5.91 Å². The van der Waals surface area contributed by atoms with Crippen molar-refractivity contribution < 1.29 is 19.1 Å². The summed E-state index contributed by atoms with van der Waals surface area (Å²) in [4.78, 5) is 25.4. The molecule has 1 aliphatic heterocycles. The Bertz CT molecular complexity index is 789. The molecule has 2 aromatic rings. The first-order chi connectivity index (χ1) is 13.1. The van der Waals surface area contributed by atoms with Gasteiger partial charge in [0.1, 0.15) is 18.1 Å². The Hall–Kier alpha value is -3.02. The van der Waals surface area contributed by atoms with E-state index >= 15 is 0 Å². The Labute approximate surface area is 159 Å². The number of carbonyl (C=O) groups is 2. The summed E-state index contributed by atoms with van der Waals surface area (Å²) < 4.78 is 11.1. The molecule has 0 saturated carbocycles. The average Bonchev–Trinajstić information content (AvgIpc) is 3.10. The largest absolute Gasteiger partial charge is 0.492 e. The zero-order valence-corrected chi connectivity index (χ0v) is 15.4. The molecule has 1 fully saturated rings. The summed E-state index contributed by atoms with van der Waals surface area (Å²) in [6.07, 6.45) is 1.50. The Balaban J connectivity index is 1.35. The van der Waals surface area contributed by atoms with Gasteiger partial charge in [-0.3, -0.25) is 9.59 Å². The average molecular weight is 368 g/mol. The molecule has 1 heterocycles. The van der Waals surface area contributed by atoms with E-state index in [0.717, 1.165) is 30.0 Å². The van der Waals surface area contributed by atoms with E-state index in [1.807, 2.05) is 43.3 Å². The molecule has 6 nitrogen and oxygen atoms in total. The van der Waals surface area contributed by atoms with Gasteiger partial charge in [-0.15, -0.1) is 0 Å². The maximum Gasteiger partial charge on any atom is 0.258 e. The first kappa shape index (κ1) is 18.8. The Morgan fingerprint density at radius 2 is 1.93 bits per heavy atom. The molecule has 1 saturated heterocycles. The van der Waals surface area contributed by atoms with Crippen molar-refractivity contribution >= 4 is 17.5 Å². The second-order valence-corrected chi connectivity index (χ2v) is 6.45. The van der Waals surface area contributed by atoms with Crippen LogP contribution in [0.3, 0.4) is 0 Å². The molecule has 142 valence electrons. The van der Waals surface area contributed by atoms with Gasteiger partial charge in [0.05, 0.1) is 6.54 Å². The number of aryl methyl sites for hydroxylation is 1. The molecule has 27 heavy (non-hydrogen) atoms. The SMILES string of the molecule is Cc1cccc(OCCNC(=O)COc2ccc(N3CCCC3=O)cc2)c1. The Morgan fingerprint density at radius 3 is 2.63 bits per heavy atom. The highest BCUT2D eigenvalue weighted by molar-refractivity contribution is 5.95. The zero-order valence-electron chi connectivity index (χ0n) is 15.4. The highest BCUT2D eigenvalue weighted by Crippen LogP contribution is 2.23. The zero-order chi connectivity index (χ0) is 19.1. The molecule has 2 amide bonds. The van der Waals surface area contributed by atoms with E-state index < -0.39 is 0 Å². The van der Waals surface area contributed by atoms with Crippen molar-refractivity contribution in [3.63, 3.8) is 0 Å². The van der Waals surface area contributed by atoms with E-state index in [0.29, 0.717) is 25.3 Å². The van der Waals surface area contributed by atoms with Crippen LogP contribution in [0.4, 0.5) is 5.69 Å². The number of hydrogen-bond donors (Lipinski definition) is 1. The molecular weight excluding hydrogens is 344 g/mol. The van der Waals surface area contributed by atoms with Crippen molar-refractivity contribution in [1.82, 2.24) is 5.32 Å². The summed E-state index contributed by atoms with van der Waals surface area (Å²) >= 11 is 0. The first-order valence-electron chi connectivity index (χ1n) is 9.11. The number of benzene rings is 2. The van der Waals surface area contributed by atoms with Gasteiger partial charge in [0, 0.05) is 18.7 Å². The van der Waals surface area contributed by atoms with Crippen molar-refractivity contribution in [1.29, 1.82) is 0 Å². The van der Waals surface area contributed by atoms with Crippen LogP contribution in [0.15, 0.2) is 48.5 Å². The molecule has 0 atom stereocenters. The molecular formula is C21H24N2O4. The highest BCUT2D eigenvalue weighted by Gasteiger charge is 2.21. The summed E-state index contributed by atoms with van der Waals surface area (Å²) in [6.45, 7) is 3.50. The molecule has 0 spiro atoms. The number of rotatable bonds is 8.